The number of aromatic nitrogens is 2. The van der Waals surface area contributed by atoms with E-state index < -0.39 is 5.91 Å². The molecule has 0 atom stereocenters. The van der Waals surface area contributed by atoms with Crippen LogP contribution >= 0.6 is 0 Å². The summed E-state index contributed by atoms with van der Waals surface area (Å²) in [4.78, 5) is 24.0. The Morgan fingerprint density at radius 2 is 1.82 bits per heavy atom. The number of anilines is 2. The Kier molecular flexibility index (Phi) is 8.34. The third-order valence-corrected chi connectivity index (χ3v) is 6.93. The molecule has 1 aromatic carbocycles. The number of aryl methyl sites for hydroxylation is 1. The number of methoxy groups -OCH3 is 2. The predicted octanol–water partition coefficient (Wildman–Crippen LogP) is 4.58. The Bertz CT molecular complexity index is 1320. The molecule has 10 nitrogen and oxygen atoms in total. The van der Waals surface area contributed by atoms with E-state index in [0.717, 1.165) is 24.3 Å². The topological polar surface area (TPSA) is 111 Å². The van der Waals surface area contributed by atoms with Gasteiger partial charge in [-0.05, 0) is 75.8 Å². The Labute approximate surface area is 230 Å². The van der Waals surface area contributed by atoms with Gasteiger partial charge in [-0.25, -0.2) is 0 Å². The summed E-state index contributed by atoms with van der Waals surface area (Å²) in [7, 11) is 7.00. The first kappa shape index (κ1) is 28.2. The maximum absolute atomic E-state index is 13.1. The fraction of sp³-hybridized carbons (Fsp3) is 0.483. The van der Waals surface area contributed by atoms with Gasteiger partial charge in [-0.3, -0.25) is 4.79 Å². The molecule has 0 aliphatic carbocycles. The van der Waals surface area contributed by atoms with Gasteiger partial charge in [0.25, 0.3) is 5.91 Å². The summed E-state index contributed by atoms with van der Waals surface area (Å²) < 4.78 is 22.8. The van der Waals surface area contributed by atoms with Gasteiger partial charge in [0.1, 0.15) is 11.5 Å². The normalized spacial score (nSPS) is 13.7. The molecule has 3 aromatic rings. The van der Waals surface area contributed by atoms with Crippen LogP contribution in [-0.4, -0.2) is 68.8 Å². The molecule has 1 amide bonds. The number of amides is 1. The second kappa shape index (κ2) is 11.5. The predicted molar refractivity (Wildman–Crippen MR) is 151 cm³/mol. The average Bonchev–Trinajstić information content (AvgIpc) is 3.48. The van der Waals surface area contributed by atoms with Gasteiger partial charge in [-0.15, -0.1) is 0 Å². The van der Waals surface area contributed by atoms with Gasteiger partial charge >= 0.3 is 0 Å². The van der Waals surface area contributed by atoms with Crippen LogP contribution in [0.1, 0.15) is 58.8 Å². The zero-order chi connectivity index (χ0) is 28.3. The number of fused-ring (bicyclic) bond motifs is 1. The van der Waals surface area contributed by atoms with Crippen molar-refractivity contribution in [2.24, 2.45) is 0 Å². The Morgan fingerprint density at radius 1 is 1.13 bits per heavy atom. The van der Waals surface area contributed by atoms with E-state index >= 15 is 0 Å². The Balaban J connectivity index is 1.50. The molecule has 1 aliphatic heterocycles. The number of nitrogens with one attached hydrogen (secondary N) is 2. The molecule has 2 N–H and O–H groups in total. The van der Waals surface area contributed by atoms with Crippen LogP contribution in [-0.2, 0) is 11.8 Å². The lowest BCUT2D eigenvalue weighted by molar-refractivity contribution is 0.0994. The summed E-state index contributed by atoms with van der Waals surface area (Å²) in [6.45, 7) is 10.9. The molecule has 2 aromatic heterocycles. The Hall–Kier alpha value is -3.79. The smallest absolute Gasteiger partial charge is 0.291 e. The lowest BCUT2D eigenvalue weighted by Gasteiger charge is -2.20. The molecule has 39 heavy (non-hydrogen) atoms. The fourth-order valence-corrected chi connectivity index (χ4v) is 4.99. The van der Waals surface area contributed by atoms with Crippen LogP contribution in [0.25, 0.3) is 0 Å². The van der Waals surface area contributed by atoms with Gasteiger partial charge < -0.3 is 34.2 Å². The fourth-order valence-electron chi connectivity index (χ4n) is 4.99. The lowest BCUT2D eigenvalue weighted by atomic mass is 9.81. The average molecular weight is 538 g/mol. The first-order valence-electron chi connectivity index (χ1n) is 13.1. The van der Waals surface area contributed by atoms with E-state index in [0.29, 0.717) is 31.3 Å². The van der Waals surface area contributed by atoms with Gasteiger partial charge in [-0.1, -0.05) is 13.8 Å². The second-order valence-corrected chi connectivity index (χ2v) is 10.8. The molecule has 0 bridgehead atoms. The Morgan fingerprint density at radius 3 is 2.46 bits per heavy atom. The zero-order valence-corrected chi connectivity index (χ0v) is 24.2. The quantitative estimate of drug-likeness (QED) is 0.340. The number of hydrogen-bond donors (Lipinski definition) is 2. The molecule has 0 unspecified atom stereocenters. The van der Waals surface area contributed by atoms with Gasteiger partial charge in [0, 0.05) is 23.9 Å². The van der Waals surface area contributed by atoms with Gasteiger partial charge in [0.15, 0.2) is 11.4 Å². The number of hydrogen-bond acceptors (Lipinski definition) is 9. The summed E-state index contributed by atoms with van der Waals surface area (Å²) in [6, 6.07) is 5.59. The largest absolute Gasteiger partial charge is 0.492 e. The van der Waals surface area contributed by atoms with E-state index in [1.807, 2.05) is 20.2 Å². The number of carbonyl (C=O) groups excluding carboxylic acids is 1. The number of rotatable bonds is 11. The van der Waals surface area contributed by atoms with Crippen molar-refractivity contribution in [3.63, 3.8) is 0 Å². The van der Waals surface area contributed by atoms with Crippen molar-refractivity contribution in [3.8, 4) is 17.5 Å². The summed E-state index contributed by atoms with van der Waals surface area (Å²) in [5, 5.41) is 5.96. The number of nitrogens with zero attached hydrogens (tertiary/aromatic N) is 3. The van der Waals surface area contributed by atoms with Gasteiger partial charge in [0.05, 0.1) is 20.8 Å². The molecule has 4 rings (SSSR count). The van der Waals surface area contributed by atoms with Crippen LogP contribution in [0.15, 0.2) is 22.6 Å². The van der Waals surface area contributed by atoms with E-state index in [1.165, 1.54) is 30.9 Å². The van der Waals surface area contributed by atoms with Crippen molar-refractivity contribution < 1.29 is 23.4 Å². The number of furan rings is 1. The molecule has 3 heterocycles. The summed E-state index contributed by atoms with van der Waals surface area (Å²) >= 11 is 0. The summed E-state index contributed by atoms with van der Waals surface area (Å²) in [5.74, 6) is 2.09. The maximum atomic E-state index is 13.1. The highest BCUT2D eigenvalue weighted by atomic mass is 16.5. The first-order valence-corrected chi connectivity index (χ1v) is 13.1. The van der Waals surface area contributed by atoms with Crippen LogP contribution in [0, 0.1) is 13.8 Å². The first-order chi connectivity index (χ1) is 18.5. The van der Waals surface area contributed by atoms with E-state index in [9.17, 15) is 4.79 Å². The molecule has 1 aliphatic rings. The highest BCUT2D eigenvalue weighted by molar-refractivity contribution is 6.03. The van der Waals surface area contributed by atoms with Gasteiger partial charge in [0.2, 0.25) is 17.7 Å². The van der Waals surface area contributed by atoms with Gasteiger partial charge in [-0.2, -0.15) is 9.97 Å². The summed E-state index contributed by atoms with van der Waals surface area (Å²) in [5.41, 5.74) is 4.94. The molecule has 0 fully saturated rings. The maximum Gasteiger partial charge on any atom is 0.291 e. The van der Waals surface area contributed by atoms with Crippen molar-refractivity contribution in [2.75, 3.05) is 58.6 Å². The molecule has 10 heteroatoms. The second-order valence-electron chi connectivity index (χ2n) is 10.8. The molecular weight excluding hydrogens is 498 g/mol. The van der Waals surface area contributed by atoms with Crippen molar-refractivity contribution in [1.82, 2.24) is 14.9 Å². The van der Waals surface area contributed by atoms with Crippen molar-refractivity contribution in [2.45, 2.75) is 46.0 Å². The minimum Gasteiger partial charge on any atom is -0.492 e. The highest BCUT2D eigenvalue weighted by Gasteiger charge is 2.35. The zero-order valence-electron chi connectivity index (χ0n) is 24.2. The molecule has 0 spiro atoms. The van der Waals surface area contributed by atoms with Crippen molar-refractivity contribution in [3.05, 3.63) is 52.0 Å². The lowest BCUT2D eigenvalue weighted by Crippen LogP contribution is -2.20. The van der Waals surface area contributed by atoms with E-state index in [1.54, 1.807) is 6.07 Å². The van der Waals surface area contributed by atoms with Crippen LogP contribution in [0.3, 0.4) is 0 Å². The monoisotopic (exact) mass is 537 g/mol. The highest BCUT2D eigenvalue weighted by Crippen LogP contribution is 2.43. The third-order valence-electron chi connectivity index (χ3n) is 6.93. The molecule has 0 saturated heterocycles. The van der Waals surface area contributed by atoms with E-state index in [4.69, 9.17) is 18.6 Å². The minimum absolute atomic E-state index is 0.0481. The number of carbonyl (C=O) groups is 1. The minimum atomic E-state index is -0.454. The van der Waals surface area contributed by atoms with Crippen LogP contribution in [0.5, 0.6) is 17.5 Å². The van der Waals surface area contributed by atoms with E-state index in [-0.39, 0.29) is 28.6 Å². The third kappa shape index (κ3) is 6.11. The van der Waals surface area contributed by atoms with Crippen molar-refractivity contribution in [1.29, 1.82) is 0 Å². The molecule has 0 radical (unpaired) electrons. The van der Waals surface area contributed by atoms with E-state index in [2.05, 4.69) is 59.3 Å². The van der Waals surface area contributed by atoms with Crippen LogP contribution in [0.2, 0.25) is 0 Å². The SMILES string of the molecule is COc1nc(NCCCN(C)C)nc(OC)c1NC(=O)c1ccc(Cc2c(C)cc3c(c2C)C(C)(C)CO3)o1. The molecule has 0 saturated carbocycles. The number of ether oxygens (including phenoxy) is 3. The molecular formula is C29H39N5O5. The molecule has 210 valence electrons. The van der Waals surface area contributed by atoms with Crippen LogP contribution in [0.4, 0.5) is 11.6 Å². The number of benzene rings is 1. The summed E-state index contributed by atoms with van der Waals surface area (Å²) in [6.07, 6.45) is 1.48. The van der Waals surface area contributed by atoms with Crippen LogP contribution < -0.4 is 24.8 Å². The van der Waals surface area contributed by atoms with Crippen molar-refractivity contribution >= 4 is 17.5 Å². The standard InChI is InChI=1S/C29H39N5O5/c1-17-14-22-23(29(3,4)16-38-22)18(2)20(17)15-19-10-11-21(39-19)25(35)31-24-26(36-7)32-28(33-27(24)37-8)30-12-9-13-34(5)6/h10-11,14H,9,12-13,15-16H2,1-8H3,(H,31,35)(H,30,32,33).